The van der Waals surface area contributed by atoms with Gasteiger partial charge in [-0.25, -0.2) is 0 Å². The third-order valence-corrected chi connectivity index (χ3v) is 4.92. The van der Waals surface area contributed by atoms with Gasteiger partial charge in [-0.1, -0.05) is 19.8 Å². The number of aliphatic hydroxyl groups excluding tert-OH is 1. The summed E-state index contributed by atoms with van der Waals surface area (Å²) in [6.45, 7) is 7.34. The van der Waals surface area contributed by atoms with Gasteiger partial charge in [-0.15, -0.1) is 0 Å². The quantitative estimate of drug-likeness (QED) is 0.616. The summed E-state index contributed by atoms with van der Waals surface area (Å²) in [7, 11) is 0. The van der Waals surface area contributed by atoms with Gasteiger partial charge >= 0.3 is 0 Å². The number of phenols is 1. The lowest BCUT2D eigenvalue weighted by Crippen LogP contribution is -2.39. The maximum atomic E-state index is 10.3. The van der Waals surface area contributed by atoms with E-state index in [1.807, 2.05) is 31.2 Å². The molecule has 2 unspecified atom stereocenters. The van der Waals surface area contributed by atoms with Crippen LogP contribution in [0.2, 0.25) is 0 Å². The molecule has 140 valence electrons. The second-order valence-electron chi connectivity index (χ2n) is 7.94. The predicted molar refractivity (Wildman–Crippen MR) is 101 cm³/mol. The van der Waals surface area contributed by atoms with Crippen molar-refractivity contribution in [1.82, 2.24) is 0 Å². The van der Waals surface area contributed by atoms with Crippen LogP contribution >= 0.6 is 0 Å². The summed E-state index contributed by atoms with van der Waals surface area (Å²) in [4.78, 5) is 0. The van der Waals surface area contributed by atoms with Gasteiger partial charge in [-0.3, -0.25) is 0 Å². The molecule has 0 bridgehead atoms. The number of aromatic hydroxyl groups is 1. The molecule has 2 atom stereocenters. The molecule has 2 rings (SSSR count). The number of benzene rings is 1. The molecule has 3 N–H and O–H groups in total. The number of hydrogen-bond donors (Lipinski definition) is 3. The van der Waals surface area contributed by atoms with Crippen molar-refractivity contribution in [2.75, 3.05) is 0 Å². The first-order valence-corrected chi connectivity index (χ1v) is 9.29. The van der Waals surface area contributed by atoms with Crippen molar-refractivity contribution in [2.45, 2.75) is 83.5 Å². The highest BCUT2D eigenvalue weighted by Crippen LogP contribution is 2.39. The Bertz CT molecular complexity index is 615. The van der Waals surface area contributed by atoms with Crippen molar-refractivity contribution in [1.29, 1.82) is 0 Å². The average Bonchev–Trinajstić information content (AvgIpc) is 2.51. The Morgan fingerprint density at radius 2 is 1.96 bits per heavy atom. The molecule has 0 aliphatic carbocycles. The smallest absolute Gasteiger partial charge is 0.131 e. The topological polar surface area (TPSA) is 69.9 Å². The number of fused-ring (bicyclic) bond motifs is 1. The van der Waals surface area contributed by atoms with Gasteiger partial charge in [0.05, 0.1) is 17.3 Å². The summed E-state index contributed by atoms with van der Waals surface area (Å²) in [5, 5.41) is 30.2. The van der Waals surface area contributed by atoms with Crippen molar-refractivity contribution in [3.63, 3.8) is 0 Å². The predicted octanol–water partition coefficient (Wildman–Crippen LogP) is 4.20. The number of ether oxygens (including phenoxy) is 1. The highest BCUT2D eigenvalue weighted by Gasteiger charge is 2.32. The van der Waals surface area contributed by atoms with Crippen LogP contribution in [0, 0.1) is 0 Å². The number of phenolic OH excluding ortho intramolecular Hbond substituents is 1. The molecule has 0 saturated carbocycles. The lowest BCUT2D eigenvalue weighted by atomic mass is 9.89. The third kappa shape index (κ3) is 5.23. The Kier molecular flexibility index (Phi) is 6.17. The fourth-order valence-corrected chi connectivity index (χ4v) is 3.10. The molecular weight excluding hydrogens is 316 g/mol. The van der Waals surface area contributed by atoms with Crippen LogP contribution in [0.5, 0.6) is 11.5 Å². The molecule has 0 spiro atoms. The van der Waals surface area contributed by atoms with Crippen LogP contribution in [0.3, 0.4) is 0 Å². The third-order valence-electron chi connectivity index (χ3n) is 4.92. The van der Waals surface area contributed by atoms with Gasteiger partial charge < -0.3 is 20.1 Å². The first-order valence-electron chi connectivity index (χ1n) is 9.29. The van der Waals surface area contributed by atoms with Gasteiger partial charge in [0.1, 0.15) is 17.1 Å². The summed E-state index contributed by atoms with van der Waals surface area (Å²) in [5.74, 6) is 0.938. The zero-order valence-corrected chi connectivity index (χ0v) is 15.9. The van der Waals surface area contributed by atoms with E-state index in [4.69, 9.17) is 4.74 Å². The highest BCUT2D eigenvalue weighted by molar-refractivity contribution is 5.67. The second-order valence-corrected chi connectivity index (χ2v) is 7.94. The molecule has 1 aromatic rings. The Balaban J connectivity index is 2.10. The van der Waals surface area contributed by atoms with Crippen LogP contribution in [-0.4, -0.2) is 32.6 Å². The summed E-state index contributed by atoms with van der Waals surface area (Å²) in [5.41, 5.74) is 0.101. The van der Waals surface area contributed by atoms with Crippen molar-refractivity contribution in [3.05, 3.63) is 29.3 Å². The van der Waals surface area contributed by atoms with Crippen LogP contribution < -0.4 is 4.74 Å². The zero-order valence-electron chi connectivity index (χ0n) is 15.9. The SMILES string of the molecule is CCCCCc1cc(O)c2c(c1)OC(C)(CCC(O)C(C)(C)O)C=C2. The van der Waals surface area contributed by atoms with E-state index in [0.717, 1.165) is 24.8 Å². The summed E-state index contributed by atoms with van der Waals surface area (Å²) < 4.78 is 6.17. The minimum Gasteiger partial charge on any atom is -0.507 e. The Morgan fingerprint density at radius 1 is 1.24 bits per heavy atom. The van der Waals surface area contributed by atoms with E-state index in [9.17, 15) is 15.3 Å². The van der Waals surface area contributed by atoms with Gasteiger partial charge in [0.25, 0.3) is 0 Å². The van der Waals surface area contributed by atoms with Gasteiger partial charge in [-0.2, -0.15) is 0 Å². The van der Waals surface area contributed by atoms with E-state index in [0.29, 0.717) is 24.2 Å². The number of aliphatic hydroxyl groups is 2. The van der Waals surface area contributed by atoms with Gasteiger partial charge in [0.15, 0.2) is 0 Å². The zero-order chi connectivity index (χ0) is 18.7. The number of hydrogen-bond acceptors (Lipinski definition) is 4. The van der Waals surface area contributed by atoms with Gasteiger partial charge in [0.2, 0.25) is 0 Å². The first kappa shape index (κ1) is 19.8. The largest absolute Gasteiger partial charge is 0.507 e. The maximum Gasteiger partial charge on any atom is 0.131 e. The van der Waals surface area contributed by atoms with E-state index >= 15 is 0 Å². The second kappa shape index (κ2) is 7.79. The first-order chi connectivity index (χ1) is 11.6. The van der Waals surface area contributed by atoms with Crippen molar-refractivity contribution in [2.24, 2.45) is 0 Å². The van der Waals surface area contributed by atoms with Crippen molar-refractivity contribution < 1.29 is 20.1 Å². The monoisotopic (exact) mass is 348 g/mol. The summed E-state index contributed by atoms with van der Waals surface area (Å²) in [6.07, 6.45) is 8.37. The Labute approximate surface area is 151 Å². The normalized spacial score (nSPS) is 20.9. The number of rotatable bonds is 8. The molecule has 4 heteroatoms. The molecular formula is C21H32O4. The standard InChI is InChI=1S/C21H32O4/c1-5-6-7-8-15-13-17(22)16-9-11-21(4,25-18(16)14-15)12-10-19(23)20(2,3)24/h9,11,13-14,19,22-24H,5-8,10,12H2,1-4H3. The van der Waals surface area contributed by atoms with Gasteiger partial charge in [0, 0.05) is 0 Å². The fourth-order valence-electron chi connectivity index (χ4n) is 3.10. The molecule has 25 heavy (non-hydrogen) atoms. The molecule has 0 amide bonds. The van der Waals surface area contributed by atoms with Gasteiger partial charge in [-0.05, 0) is 76.3 Å². The van der Waals surface area contributed by atoms with E-state index in [2.05, 4.69) is 6.92 Å². The van der Waals surface area contributed by atoms with Crippen LogP contribution in [-0.2, 0) is 6.42 Å². The Hall–Kier alpha value is -1.52. The average molecular weight is 348 g/mol. The van der Waals surface area contributed by atoms with Crippen LogP contribution in [0.4, 0.5) is 0 Å². The Morgan fingerprint density at radius 3 is 2.60 bits per heavy atom. The minimum atomic E-state index is -1.13. The minimum absolute atomic E-state index is 0.249. The van der Waals surface area contributed by atoms with E-state index in [1.54, 1.807) is 13.8 Å². The molecule has 1 aliphatic rings. The molecule has 1 heterocycles. The van der Waals surface area contributed by atoms with Crippen LogP contribution in [0.1, 0.15) is 70.9 Å². The van der Waals surface area contributed by atoms with Crippen LogP contribution in [0.15, 0.2) is 18.2 Å². The fraction of sp³-hybridized carbons (Fsp3) is 0.619. The molecule has 0 fully saturated rings. The van der Waals surface area contributed by atoms with Crippen molar-refractivity contribution >= 4 is 6.08 Å². The molecule has 1 aromatic carbocycles. The number of unbranched alkanes of at least 4 members (excludes halogenated alkanes) is 2. The maximum absolute atomic E-state index is 10.3. The summed E-state index contributed by atoms with van der Waals surface area (Å²) in [6, 6.07) is 3.84. The highest BCUT2D eigenvalue weighted by atomic mass is 16.5. The van der Waals surface area contributed by atoms with Crippen LogP contribution in [0.25, 0.3) is 6.08 Å². The number of aryl methyl sites for hydroxylation is 1. The lowest BCUT2D eigenvalue weighted by molar-refractivity contribution is -0.0578. The van der Waals surface area contributed by atoms with E-state index in [1.165, 1.54) is 6.42 Å². The molecule has 0 aromatic heterocycles. The lowest BCUT2D eigenvalue weighted by Gasteiger charge is -2.34. The molecule has 4 nitrogen and oxygen atoms in total. The molecule has 0 saturated heterocycles. The molecule has 0 radical (unpaired) electrons. The van der Waals surface area contributed by atoms with E-state index in [-0.39, 0.29) is 5.75 Å². The van der Waals surface area contributed by atoms with Crippen molar-refractivity contribution in [3.8, 4) is 11.5 Å². The summed E-state index contributed by atoms with van der Waals surface area (Å²) >= 11 is 0. The van der Waals surface area contributed by atoms with E-state index < -0.39 is 17.3 Å². The molecule has 1 aliphatic heterocycles.